The summed E-state index contributed by atoms with van der Waals surface area (Å²) < 4.78 is 6.66. The molecular weight excluding hydrogens is 342 g/mol. The van der Waals surface area contributed by atoms with E-state index in [0.29, 0.717) is 6.04 Å². The van der Waals surface area contributed by atoms with Crippen LogP contribution in [0.1, 0.15) is 49.1 Å². The number of rotatable bonds is 3. The Hall–Kier alpha value is -1.85. The number of piperidine rings is 1. The van der Waals surface area contributed by atoms with E-state index in [9.17, 15) is 0 Å². The summed E-state index contributed by atoms with van der Waals surface area (Å²) in [5.74, 6) is 1.06. The number of thiophene rings is 1. The monoisotopic (exact) mass is 367 g/mol. The Morgan fingerprint density at radius 2 is 2.04 bits per heavy atom. The molecule has 0 aliphatic carbocycles. The first-order chi connectivity index (χ1) is 12.8. The van der Waals surface area contributed by atoms with Crippen LogP contribution in [-0.4, -0.2) is 41.0 Å². The van der Waals surface area contributed by atoms with Crippen LogP contribution >= 0.6 is 11.3 Å². The number of fused-ring (bicyclic) bond motifs is 4. The van der Waals surface area contributed by atoms with Crippen molar-refractivity contribution in [1.82, 2.24) is 9.91 Å². The molecule has 4 nitrogen and oxygen atoms in total. The second kappa shape index (κ2) is 6.39. The summed E-state index contributed by atoms with van der Waals surface area (Å²) in [6, 6.07) is 13.1. The number of benzene rings is 1. The lowest BCUT2D eigenvalue weighted by Crippen LogP contribution is -2.59. The Morgan fingerprint density at radius 3 is 2.81 bits per heavy atom. The van der Waals surface area contributed by atoms with E-state index in [2.05, 4.69) is 58.6 Å². The highest BCUT2D eigenvalue weighted by atomic mass is 32.1. The van der Waals surface area contributed by atoms with Gasteiger partial charge in [0.1, 0.15) is 5.75 Å². The molecule has 5 rings (SSSR count). The fraction of sp³-hybridized carbons (Fsp3) is 0.476. The van der Waals surface area contributed by atoms with Gasteiger partial charge in [0, 0.05) is 37.9 Å². The zero-order valence-corrected chi connectivity index (χ0v) is 16.0. The lowest BCUT2D eigenvalue weighted by Gasteiger charge is -2.51. The number of hydrogen-bond acceptors (Lipinski definition) is 5. The highest BCUT2D eigenvalue weighted by molar-refractivity contribution is 7.12. The lowest BCUT2D eigenvalue weighted by molar-refractivity contribution is -0.149. The smallest absolute Gasteiger partial charge is 0.200 e. The molecule has 0 radical (unpaired) electrons. The normalized spacial score (nSPS) is 24.1. The third-order valence-electron chi connectivity index (χ3n) is 5.89. The molecule has 1 saturated heterocycles. The van der Waals surface area contributed by atoms with Gasteiger partial charge >= 0.3 is 0 Å². The standard InChI is InChI=1S/C21H25N3OS/c1-2-11-23-12-9-21(10-13-23)24-18(16-6-3-4-7-19(16)25-21)15-17(22-24)20-8-5-14-26-20/h3-8,14,18H,2,9-13,15H2,1H3/t18-/m1/s1. The van der Waals surface area contributed by atoms with Crippen molar-refractivity contribution in [2.24, 2.45) is 5.10 Å². The molecule has 1 aromatic carbocycles. The zero-order chi connectivity index (χ0) is 17.6. The van der Waals surface area contributed by atoms with Crippen molar-refractivity contribution < 1.29 is 4.74 Å². The van der Waals surface area contributed by atoms with Crippen LogP contribution in [0.25, 0.3) is 0 Å². The summed E-state index contributed by atoms with van der Waals surface area (Å²) >= 11 is 1.78. The molecule has 0 bridgehead atoms. The Balaban J connectivity index is 1.51. The predicted octanol–water partition coefficient (Wildman–Crippen LogP) is 4.49. The van der Waals surface area contributed by atoms with Gasteiger partial charge in [-0.25, -0.2) is 5.01 Å². The predicted molar refractivity (Wildman–Crippen MR) is 106 cm³/mol. The van der Waals surface area contributed by atoms with Crippen molar-refractivity contribution in [3.63, 3.8) is 0 Å². The minimum absolute atomic E-state index is 0.289. The van der Waals surface area contributed by atoms with E-state index >= 15 is 0 Å². The van der Waals surface area contributed by atoms with Gasteiger partial charge in [-0.1, -0.05) is 31.2 Å². The molecule has 26 heavy (non-hydrogen) atoms. The maximum Gasteiger partial charge on any atom is 0.200 e. The molecule has 0 saturated carbocycles. The lowest BCUT2D eigenvalue weighted by atomic mass is 9.91. The molecule has 136 valence electrons. The van der Waals surface area contributed by atoms with Crippen LogP contribution in [0.15, 0.2) is 46.9 Å². The number of likely N-dealkylation sites (tertiary alicyclic amines) is 1. The third-order valence-corrected chi connectivity index (χ3v) is 6.81. The molecule has 5 heteroatoms. The number of hydrogen-bond donors (Lipinski definition) is 0. The number of para-hydroxylation sites is 1. The van der Waals surface area contributed by atoms with Crippen LogP contribution in [0.5, 0.6) is 5.75 Å². The highest BCUT2D eigenvalue weighted by Crippen LogP contribution is 2.50. The number of hydrazone groups is 1. The molecule has 0 unspecified atom stereocenters. The van der Waals surface area contributed by atoms with Gasteiger partial charge in [0.25, 0.3) is 0 Å². The summed E-state index contributed by atoms with van der Waals surface area (Å²) in [6.45, 7) is 5.61. The molecule has 0 amide bonds. The molecular formula is C21H25N3OS. The van der Waals surface area contributed by atoms with Crippen LogP contribution in [0.3, 0.4) is 0 Å². The topological polar surface area (TPSA) is 28.1 Å². The van der Waals surface area contributed by atoms with Crippen molar-refractivity contribution in [3.05, 3.63) is 52.2 Å². The SMILES string of the molecule is CCCN1CCC2(CC1)Oc1ccccc1[C@H]1CC(c3cccs3)=NN12. The van der Waals surface area contributed by atoms with E-state index in [-0.39, 0.29) is 5.72 Å². The van der Waals surface area contributed by atoms with Gasteiger partial charge in [0.15, 0.2) is 0 Å². The average Bonchev–Trinajstić information content (AvgIpc) is 3.34. The van der Waals surface area contributed by atoms with E-state index in [4.69, 9.17) is 9.84 Å². The van der Waals surface area contributed by atoms with Crippen LogP contribution < -0.4 is 4.74 Å². The molecule has 1 fully saturated rings. The molecule has 4 heterocycles. The summed E-state index contributed by atoms with van der Waals surface area (Å²) in [6.07, 6.45) is 4.21. The minimum atomic E-state index is -0.289. The van der Waals surface area contributed by atoms with Crippen LogP contribution in [0.4, 0.5) is 0 Å². The van der Waals surface area contributed by atoms with Gasteiger partial charge in [-0.15, -0.1) is 11.3 Å². The van der Waals surface area contributed by atoms with E-state index in [1.165, 1.54) is 29.1 Å². The Bertz CT molecular complexity index is 808. The number of ether oxygens (including phenoxy) is 1. The second-order valence-electron chi connectivity index (χ2n) is 7.52. The van der Waals surface area contributed by atoms with Crippen LogP contribution in [-0.2, 0) is 0 Å². The fourth-order valence-electron chi connectivity index (χ4n) is 4.59. The van der Waals surface area contributed by atoms with Crippen LogP contribution in [0.2, 0.25) is 0 Å². The van der Waals surface area contributed by atoms with Crippen molar-refractivity contribution in [3.8, 4) is 5.75 Å². The Labute approximate surface area is 159 Å². The highest BCUT2D eigenvalue weighted by Gasteiger charge is 2.51. The Kier molecular flexibility index (Phi) is 4.02. The van der Waals surface area contributed by atoms with Crippen molar-refractivity contribution in [1.29, 1.82) is 0 Å². The van der Waals surface area contributed by atoms with Gasteiger partial charge in [-0.05, 0) is 30.5 Å². The quantitative estimate of drug-likeness (QED) is 0.800. The summed E-state index contributed by atoms with van der Waals surface area (Å²) in [7, 11) is 0. The summed E-state index contributed by atoms with van der Waals surface area (Å²) in [5, 5.41) is 9.57. The maximum absolute atomic E-state index is 6.66. The Morgan fingerprint density at radius 1 is 1.19 bits per heavy atom. The van der Waals surface area contributed by atoms with Gasteiger partial charge in [-0.2, -0.15) is 5.10 Å². The van der Waals surface area contributed by atoms with Gasteiger partial charge in [-0.3, -0.25) is 0 Å². The van der Waals surface area contributed by atoms with E-state index in [1.54, 1.807) is 11.3 Å². The number of nitrogens with zero attached hydrogens (tertiary/aromatic N) is 3. The zero-order valence-electron chi connectivity index (χ0n) is 15.2. The third kappa shape index (κ3) is 2.57. The van der Waals surface area contributed by atoms with Crippen LogP contribution in [0, 0.1) is 0 Å². The first kappa shape index (κ1) is 16.3. The fourth-order valence-corrected chi connectivity index (χ4v) is 5.31. The first-order valence-corrected chi connectivity index (χ1v) is 10.6. The maximum atomic E-state index is 6.66. The minimum Gasteiger partial charge on any atom is -0.466 e. The second-order valence-corrected chi connectivity index (χ2v) is 8.46. The molecule has 2 aromatic rings. The molecule has 3 aliphatic rings. The van der Waals surface area contributed by atoms with Gasteiger partial charge in [0.2, 0.25) is 5.72 Å². The first-order valence-electron chi connectivity index (χ1n) is 9.70. The van der Waals surface area contributed by atoms with E-state index in [1.807, 2.05) is 0 Å². The van der Waals surface area contributed by atoms with Crippen molar-refractivity contribution in [2.75, 3.05) is 19.6 Å². The molecule has 3 aliphatic heterocycles. The molecule has 1 aromatic heterocycles. The molecule has 1 spiro atoms. The van der Waals surface area contributed by atoms with Crippen molar-refractivity contribution in [2.45, 2.75) is 44.4 Å². The summed E-state index contributed by atoms with van der Waals surface area (Å²) in [5.41, 5.74) is 2.20. The summed E-state index contributed by atoms with van der Waals surface area (Å²) in [4.78, 5) is 3.85. The van der Waals surface area contributed by atoms with E-state index < -0.39 is 0 Å². The molecule has 1 atom stereocenters. The molecule has 0 N–H and O–H groups in total. The van der Waals surface area contributed by atoms with Crippen molar-refractivity contribution >= 4 is 17.0 Å². The average molecular weight is 368 g/mol. The van der Waals surface area contributed by atoms with Gasteiger partial charge < -0.3 is 9.64 Å². The largest absolute Gasteiger partial charge is 0.466 e. The van der Waals surface area contributed by atoms with E-state index in [0.717, 1.165) is 38.1 Å². The van der Waals surface area contributed by atoms with Gasteiger partial charge in [0.05, 0.1) is 16.6 Å².